The fourth-order valence-corrected chi connectivity index (χ4v) is 0.640. The van der Waals surface area contributed by atoms with Crippen molar-refractivity contribution in [1.29, 1.82) is 0 Å². The third-order valence-corrected chi connectivity index (χ3v) is 1.49. The van der Waals surface area contributed by atoms with Gasteiger partial charge in [0, 0.05) is 0 Å². The second kappa shape index (κ2) is 5.18. The molecule has 0 saturated heterocycles. The summed E-state index contributed by atoms with van der Waals surface area (Å²) < 4.78 is 0. The van der Waals surface area contributed by atoms with Crippen molar-refractivity contribution >= 4 is 5.78 Å². The summed E-state index contributed by atoms with van der Waals surface area (Å²) >= 11 is 0. The van der Waals surface area contributed by atoms with Crippen molar-refractivity contribution in [3.05, 3.63) is 0 Å². The molecule has 0 bridgehead atoms. The topological polar surface area (TPSA) is 130 Å². The monoisotopic (exact) mass is 178 g/mol. The van der Waals surface area contributed by atoms with Gasteiger partial charge in [0.05, 0.1) is 31.4 Å². The number of ketones is 1. The van der Waals surface area contributed by atoms with Gasteiger partial charge in [-0.3, -0.25) is 4.79 Å². The molecule has 6 heteroatoms. The van der Waals surface area contributed by atoms with Gasteiger partial charge < -0.3 is 26.8 Å². The van der Waals surface area contributed by atoms with Crippen LogP contribution in [-0.2, 0) is 4.79 Å². The van der Waals surface area contributed by atoms with Gasteiger partial charge in [0.15, 0.2) is 5.78 Å². The van der Waals surface area contributed by atoms with Gasteiger partial charge in [0.25, 0.3) is 0 Å². The SMILES string of the molecule is N[C@H](C(=O)[C@@H](N)CO)[C@H](O)CO. The predicted molar refractivity (Wildman–Crippen MR) is 41.1 cm³/mol. The van der Waals surface area contributed by atoms with Crippen LogP contribution >= 0.6 is 0 Å². The zero-order valence-electron chi connectivity index (χ0n) is 6.55. The molecule has 0 aliphatic carbocycles. The van der Waals surface area contributed by atoms with Crippen molar-refractivity contribution in [2.24, 2.45) is 11.5 Å². The van der Waals surface area contributed by atoms with Crippen molar-refractivity contribution in [1.82, 2.24) is 0 Å². The summed E-state index contributed by atoms with van der Waals surface area (Å²) in [6.07, 6.45) is -1.32. The van der Waals surface area contributed by atoms with E-state index in [1.807, 2.05) is 0 Å². The molecule has 0 heterocycles. The summed E-state index contributed by atoms with van der Waals surface area (Å²) in [5, 5.41) is 25.8. The van der Waals surface area contributed by atoms with Gasteiger partial charge in [-0.25, -0.2) is 0 Å². The van der Waals surface area contributed by atoms with Gasteiger partial charge in [-0.05, 0) is 0 Å². The van der Waals surface area contributed by atoms with Crippen LogP contribution in [0.25, 0.3) is 0 Å². The van der Waals surface area contributed by atoms with E-state index in [0.717, 1.165) is 0 Å². The van der Waals surface area contributed by atoms with Crippen LogP contribution in [0.3, 0.4) is 0 Å². The standard InChI is InChI=1S/C6H14N2O4/c7-3(1-9)6(12)5(8)4(11)2-10/h3-5,9-11H,1-2,7-8H2/t3-,4+,5-/m0/s1. The molecule has 12 heavy (non-hydrogen) atoms. The maximum absolute atomic E-state index is 11.0. The van der Waals surface area contributed by atoms with Gasteiger partial charge in [-0.1, -0.05) is 0 Å². The third kappa shape index (κ3) is 2.84. The molecule has 6 nitrogen and oxygen atoms in total. The summed E-state index contributed by atoms with van der Waals surface area (Å²) in [6.45, 7) is -1.13. The van der Waals surface area contributed by atoms with Crippen LogP contribution in [0.5, 0.6) is 0 Å². The Morgan fingerprint density at radius 3 is 2.08 bits per heavy atom. The highest BCUT2D eigenvalue weighted by Gasteiger charge is 2.25. The van der Waals surface area contributed by atoms with E-state index in [0.29, 0.717) is 0 Å². The van der Waals surface area contributed by atoms with Crippen molar-refractivity contribution in [2.45, 2.75) is 18.2 Å². The fourth-order valence-electron chi connectivity index (χ4n) is 0.640. The number of Topliss-reactive ketones (excluding diaryl/α,β-unsaturated/α-hetero) is 1. The van der Waals surface area contributed by atoms with Crippen molar-refractivity contribution < 1.29 is 20.1 Å². The van der Waals surface area contributed by atoms with E-state index in [-0.39, 0.29) is 0 Å². The molecule has 0 fully saturated rings. The Labute approximate surface area is 69.8 Å². The Bertz CT molecular complexity index is 152. The molecule has 0 unspecified atom stereocenters. The highest BCUT2D eigenvalue weighted by Crippen LogP contribution is 1.94. The smallest absolute Gasteiger partial charge is 0.171 e. The lowest BCUT2D eigenvalue weighted by atomic mass is 10.0. The van der Waals surface area contributed by atoms with E-state index in [4.69, 9.17) is 26.8 Å². The van der Waals surface area contributed by atoms with E-state index in [9.17, 15) is 4.79 Å². The van der Waals surface area contributed by atoms with E-state index in [2.05, 4.69) is 0 Å². The Kier molecular flexibility index (Phi) is 4.95. The minimum Gasteiger partial charge on any atom is -0.394 e. The number of hydrogen-bond donors (Lipinski definition) is 5. The highest BCUT2D eigenvalue weighted by atomic mass is 16.3. The lowest BCUT2D eigenvalue weighted by molar-refractivity contribution is -0.125. The average Bonchev–Trinajstić information content (AvgIpc) is 2.12. The van der Waals surface area contributed by atoms with Crippen molar-refractivity contribution in [2.75, 3.05) is 13.2 Å². The van der Waals surface area contributed by atoms with E-state index in [1.54, 1.807) is 0 Å². The molecule has 0 aromatic carbocycles. The lowest BCUT2D eigenvalue weighted by Crippen LogP contribution is -2.52. The Balaban J connectivity index is 4.09. The molecule has 0 rings (SSSR count). The van der Waals surface area contributed by atoms with Crippen LogP contribution in [0.4, 0.5) is 0 Å². The molecular formula is C6H14N2O4. The van der Waals surface area contributed by atoms with E-state index < -0.39 is 37.2 Å². The van der Waals surface area contributed by atoms with Crippen LogP contribution in [0.15, 0.2) is 0 Å². The summed E-state index contributed by atoms with van der Waals surface area (Å²) in [5.41, 5.74) is 10.3. The summed E-state index contributed by atoms with van der Waals surface area (Å²) in [6, 6.07) is -2.33. The molecule has 72 valence electrons. The summed E-state index contributed by atoms with van der Waals surface area (Å²) in [4.78, 5) is 11.0. The van der Waals surface area contributed by atoms with Crippen LogP contribution in [0.1, 0.15) is 0 Å². The fraction of sp³-hybridized carbons (Fsp3) is 0.833. The molecule has 3 atom stereocenters. The van der Waals surface area contributed by atoms with Crippen molar-refractivity contribution in [3.8, 4) is 0 Å². The minimum absolute atomic E-state index is 0.523. The zero-order chi connectivity index (χ0) is 9.72. The van der Waals surface area contributed by atoms with Gasteiger partial charge in [-0.15, -0.1) is 0 Å². The number of hydrogen-bond acceptors (Lipinski definition) is 6. The third-order valence-electron chi connectivity index (χ3n) is 1.49. The predicted octanol–water partition coefficient (Wildman–Crippen LogP) is -3.44. The minimum atomic E-state index is -1.32. The van der Waals surface area contributed by atoms with Gasteiger partial charge in [0.1, 0.15) is 0 Å². The quantitative estimate of drug-likeness (QED) is 0.298. The number of carbonyl (C=O) groups is 1. The Morgan fingerprint density at radius 1 is 1.25 bits per heavy atom. The molecule has 7 N–H and O–H groups in total. The molecule has 0 radical (unpaired) electrons. The number of aliphatic hydroxyl groups excluding tert-OH is 3. The first-order valence-corrected chi connectivity index (χ1v) is 3.49. The first-order chi connectivity index (χ1) is 5.54. The van der Waals surface area contributed by atoms with Crippen LogP contribution in [0, 0.1) is 0 Å². The van der Waals surface area contributed by atoms with Crippen molar-refractivity contribution in [3.63, 3.8) is 0 Å². The Morgan fingerprint density at radius 2 is 1.75 bits per heavy atom. The number of nitrogens with two attached hydrogens (primary N) is 2. The number of aliphatic hydroxyl groups is 3. The van der Waals surface area contributed by atoms with E-state index in [1.165, 1.54) is 0 Å². The van der Waals surface area contributed by atoms with Gasteiger partial charge >= 0.3 is 0 Å². The first-order valence-electron chi connectivity index (χ1n) is 3.49. The molecule has 0 aliphatic rings. The molecule has 0 spiro atoms. The maximum atomic E-state index is 11.0. The number of carbonyl (C=O) groups excluding carboxylic acids is 1. The Hall–Kier alpha value is -0.530. The lowest BCUT2D eigenvalue weighted by Gasteiger charge is -2.17. The average molecular weight is 178 g/mol. The maximum Gasteiger partial charge on any atom is 0.171 e. The molecule has 0 amide bonds. The second-order valence-electron chi connectivity index (χ2n) is 2.47. The molecule has 0 aliphatic heterocycles. The van der Waals surface area contributed by atoms with Crippen LogP contribution < -0.4 is 11.5 Å². The number of rotatable bonds is 5. The van der Waals surface area contributed by atoms with Crippen LogP contribution in [0.2, 0.25) is 0 Å². The zero-order valence-corrected chi connectivity index (χ0v) is 6.55. The first kappa shape index (κ1) is 11.5. The second-order valence-corrected chi connectivity index (χ2v) is 2.47. The highest BCUT2D eigenvalue weighted by molar-refractivity contribution is 5.89. The summed E-state index contributed by atoms with van der Waals surface area (Å²) in [7, 11) is 0. The molecular weight excluding hydrogens is 164 g/mol. The molecule has 0 saturated carbocycles. The van der Waals surface area contributed by atoms with E-state index >= 15 is 0 Å². The largest absolute Gasteiger partial charge is 0.394 e. The van der Waals surface area contributed by atoms with Crippen LogP contribution in [-0.4, -0.2) is 52.5 Å². The van der Waals surface area contributed by atoms with Gasteiger partial charge in [0.2, 0.25) is 0 Å². The normalized spacial score (nSPS) is 18.4. The van der Waals surface area contributed by atoms with Gasteiger partial charge in [-0.2, -0.15) is 0 Å². The summed E-state index contributed by atoms with van der Waals surface area (Å²) in [5.74, 6) is -0.668. The molecule has 0 aromatic heterocycles. The molecule has 0 aromatic rings.